The fourth-order valence-corrected chi connectivity index (χ4v) is 1.93. The highest BCUT2D eigenvalue weighted by atomic mass is 16.5. The molecule has 0 radical (unpaired) electrons. The molecule has 1 nitrogen and oxygen atoms in total. The van der Waals surface area contributed by atoms with E-state index >= 15 is 0 Å². The van der Waals surface area contributed by atoms with Gasteiger partial charge in [0.15, 0.2) is 0 Å². The molecule has 2 rings (SSSR count). The first-order valence-corrected chi connectivity index (χ1v) is 6.37. The van der Waals surface area contributed by atoms with Gasteiger partial charge in [0.25, 0.3) is 0 Å². The van der Waals surface area contributed by atoms with Crippen LogP contribution in [0, 0.1) is 25.7 Å². The average Bonchev–Trinajstić information content (AvgIpc) is 2.42. The van der Waals surface area contributed by atoms with Crippen molar-refractivity contribution in [3.05, 3.63) is 70.3 Å². The van der Waals surface area contributed by atoms with Crippen molar-refractivity contribution in [3.8, 4) is 11.8 Å². The first kappa shape index (κ1) is 13.4. The summed E-state index contributed by atoms with van der Waals surface area (Å²) >= 11 is 0. The van der Waals surface area contributed by atoms with Crippen LogP contribution in [-0.4, -0.2) is 7.11 Å². The van der Waals surface area contributed by atoms with Crippen molar-refractivity contribution in [2.24, 2.45) is 0 Å². The van der Waals surface area contributed by atoms with Crippen LogP contribution in [0.5, 0.6) is 0 Å². The lowest BCUT2D eigenvalue weighted by Crippen LogP contribution is -1.95. The average molecular weight is 250 g/mol. The Morgan fingerprint density at radius 2 is 1.63 bits per heavy atom. The van der Waals surface area contributed by atoms with Gasteiger partial charge < -0.3 is 4.74 Å². The normalized spacial score (nSPS) is 9.84. The molecule has 0 amide bonds. The molecule has 0 heterocycles. The Labute approximate surface area is 115 Å². The number of aryl methyl sites for hydroxylation is 2. The largest absolute Gasteiger partial charge is 0.380 e. The van der Waals surface area contributed by atoms with Crippen LogP contribution in [0.3, 0.4) is 0 Å². The highest BCUT2D eigenvalue weighted by Gasteiger charge is 2.03. The zero-order valence-electron chi connectivity index (χ0n) is 11.7. The topological polar surface area (TPSA) is 9.23 Å². The Bertz CT molecular complexity index is 615. The first-order valence-electron chi connectivity index (χ1n) is 6.37. The van der Waals surface area contributed by atoms with E-state index in [2.05, 4.69) is 37.8 Å². The quantitative estimate of drug-likeness (QED) is 0.736. The number of benzene rings is 2. The molecule has 0 atom stereocenters. The summed E-state index contributed by atoms with van der Waals surface area (Å²) in [7, 11) is 1.71. The number of ether oxygens (including phenoxy) is 1. The summed E-state index contributed by atoms with van der Waals surface area (Å²) in [6.07, 6.45) is 0. The molecule has 0 aliphatic carbocycles. The molecule has 0 fully saturated rings. The summed E-state index contributed by atoms with van der Waals surface area (Å²) in [5.74, 6) is 6.45. The first-order chi connectivity index (χ1) is 9.20. The Morgan fingerprint density at radius 1 is 0.947 bits per heavy atom. The van der Waals surface area contributed by atoms with Gasteiger partial charge in [-0.1, -0.05) is 36.1 Å². The highest BCUT2D eigenvalue weighted by molar-refractivity contribution is 5.49. The van der Waals surface area contributed by atoms with Gasteiger partial charge in [-0.2, -0.15) is 0 Å². The molecule has 0 saturated carbocycles. The van der Waals surface area contributed by atoms with Crippen molar-refractivity contribution in [1.82, 2.24) is 0 Å². The molecule has 96 valence electrons. The van der Waals surface area contributed by atoms with E-state index in [0.29, 0.717) is 6.61 Å². The van der Waals surface area contributed by atoms with Crippen LogP contribution in [0.15, 0.2) is 42.5 Å². The molecule has 0 spiro atoms. The van der Waals surface area contributed by atoms with Crippen molar-refractivity contribution in [2.45, 2.75) is 20.5 Å². The summed E-state index contributed by atoms with van der Waals surface area (Å²) < 4.78 is 5.25. The third kappa shape index (κ3) is 3.47. The summed E-state index contributed by atoms with van der Waals surface area (Å²) in [6.45, 7) is 4.82. The predicted molar refractivity (Wildman–Crippen MR) is 79.1 cm³/mol. The van der Waals surface area contributed by atoms with Gasteiger partial charge in [-0.25, -0.2) is 0 Å². The Balaban J connectivity index is 2.39. The molecule has 0 unspecified atom stereocenters. The number of rotatable bonds is 2. The molecule has 2 aromatic carbocycles. The predicted octanol–water partition coefficient (Wildman–Crippen LogP) is 3.85. The van der Waals surface area contributed by atoms with Gasteiger partial charge in [-0.3, -0.25) is 0 Å². The van der Waals surface area contributed by atoms with Crippen molar-refractivity contribution >= 4 is 0 Å². The van der Waals surface area contributed by atoms with Gasteiger partial charge in [0.05, 0.1) is 6.61 Å². The van der Waals surface area contributed by atoms with Crippen molar-refractivity contribution < 1.29 is 4.74 Å². The van der Waals surface area contributed by atoms with Gasteiger partial charge >= 0.3 is 0 Å². The summed E-state index contributed by atoms with van der Waals surface area (Å²) in [5, 5.41) is 0. The molecule has 0 aliphatic rings. The Kier molecular flexibility index (Phi) is 4.39. The Hall–Kier alpha value is -2.04. The summed E-state index contributed by atoms with van der Waals surface area (Å²) in [5.41, 5.74) is 5.77. The van der Waals surface area contributed by atoms with Gasteiger partial charge in [0.1, 0.15) is 0 Å². The number of methoxy groups -OCH3 is 1. The molecule has 0 N–H and O–H groups in total. The minimum absolute atomic E-state index is 0.597. The highest BCUT2D eigenvalue weighted by Crippen LogP contribution is 2.16. The SMILES string of the molecule is COCc1cc(C)c(C)cc1C#Cc1ccccc1. The summed E-state index contributed by atoms with van der Waals surface area (Å²) in [6, 6.07) is 14.3. The fraction of sp³-hybridized carbons (Fsp3) is 0.222. The number of hydrogen-bond acceptors (Lipinski definition) is 1. The van der Waals surface area contributed by atoms with Crippen molar-refractivity contribution in [3.63, 3.8) is 0 Å². The van der Waals surface area contributed by atoms with Gasteiger partial charge in [-0.05, 0) is 48.7 Å². The standard InChI is InChI=1S/C18H18O/c1-14-11-17(18(13-19-3)12-15(14)2)10-9-16-7-5-4-6-8-16/h4-8,11-12H,13H2,1-3H3. The maximum Gasteiger partial charge on any atom is 0.0725 e. The van der Waals surface area contributed by atoms with Crippen molar-refractivity contribution in [1.29, 1.82) is 0 Å². The lowest BCUT2D eigenvalue weighted by Gasteiger charge is -2.08. The van der Waals surface area contributed by atoms with E-state index in [1.807, 2.05) is 30.3 Å². The minimum Gasteiger partial charge on any atom is -0.380 e. The van der Waals surface area contributed by atoms with Crippen LogP contribution in [0.4, 0.5) is 0 Å². The smallest absolute Gasteiger partial charge is 0.0725 e. The van der Waals surface area contributed by atoms with E-state index in [1.165, 1.54) is 11.1 Å². The molecule has 0 saturated heterocycles. The molecule has 0 bridgehead atoms. The second-order valence-electron chi connectivity index (χ2n) is 4.64. The van der Waals surface area contributed by atoms with Crippen LogP contribution in [0.25, 0.3) is 0 Å². The zero-order valence-corrected chi connectivity index (χ0v) is 11.7. The lowest BCUT2D eigenvalue weighted by molar-refractivity contribution is 0.184. The van der Waals surface area contributed by atoms with E-state index in [0.717, 1.165) is 16.7 Å². The second-order valence-corrected chi connectivity index (χ2v) is 4.64. The lowest BCUT2D eigenvalue weighted by atomic mass is 10.0. The fourth-order valence-electron chi connectivity index (χ4n) is 1.93. The summed E-state index contributed by atoms with van der Waals surface area (Å²) in [4.78, 5) is 0. The van der Waals surface area contributed by atoms with E-state index in [1.54, 1.807) is 7.11 Å². The molecular formula is C18H18O. The molecule has 19 heavy (non-hydrogen) atoms. The van der Waals surface area contributed by atoms with E-state index in [-0.39, 0.29) is 0 Å². The van der Waals surface area contributed by atoms with E-state index in [4.69, 9.17) is 4.74 Å². The molecule has 1 heteroatoms. The maximum absolute atomic E-state index is 5.25. The van der Waals surface area contributed by atoms with Crippen LogP contribution in [-0.2, 0) is 11.3 Å². The zero-order chi connectivity index (χ0) is 13.7. The van der Waals surface area contributed by atoms with Gasteiger partial charge in [0.2, 0.25) is 0 Å². The van der Waals surface area contributed by atoms with Gasteiger partial charge in [-0.15, -0.1) is 0 Å². The third-order valence-electron chi connectivity index (χ3n) is 3.13. The monoisotopic (exact) mass is 250 g/mol. The number of hydrogen-bond donors (Lipinski definition) is 0. The molecule has 0 aromatic heterocycles. The van der Waals surface area contributed by atoms with Crippen molar-refractivity contribution in [2.75, 3.05) is 7.11 Å². The van der Waals surface area contributed by atoms with Crippen LogP contribution < -0.4 is 0 Å². The molecular weight excluding hydrogens is 232 g/mol. The van der Waals surface area contributed by atoms with E-state index in [9.17, 15) is 0 Å². The Morgan fingerprint density at radius 3 is 2.32 bits per heavy atom. The maximum atomic E-state index is 5.25. The minimum atomic E-state index is 0.597. The molecule has 2 aromatic rings. The van der Waals surface area contributed by atoms with E-state index < -0.39 is 0 Å². The second kappa shape index (κ2) is 6.22. The van der Waals surface area contributed by atoms with Crippen LogP contribution >= 0.6 is 0 Å². The van der Waals surface area contributed by atoms with Crippen LogP contribution in [0.1, 0.15) is 27.8 Å². The van der Waals surface area contributed by atoms with Crippen LogP contribution in [0.2, 0.25) is 0 Å². The molecule has 0 aliphatic heterocycles. The van der Waals surface area contributed by atoms with Gasteiger partial charge in [0, 0.05) is 18.2 Å². The third-order valence-corrected chi connectivity index (χ3v) is 3.13.